The maximum Gasteiger partial charge on any atom is 0.124 e. The lowest BCUT2D eigenvalue weighted by atomic mass is 9.99. The first-order valence-corrected chi connectivity index (χ1v) is 7.05. The van der Waals surface area contributed by atoms with E-state index in [1.807, 2.05) is 24.3 Å². The number of hydrogen-bond acceptors (Lipinski definition) is 3. The minimum absolute atomic E-state index is 0.0301. The van der Waals surface area contributed by atoms with Crippen molar-refractivity contribution in [3.63, 3.8) is 0 Å². The molecule has 0 spiro atoms. The fraction of sp³-hybridized carbons (Fsp3) is 0.625. The molecule has 3 unspecified atom stereocenters. The van der Waals surface area contributed by atoms with Crippen molar-refractivity contribution in [3.05, 3.63) is 29.8 Å². The van der Waals surface area contributed by atoms with E-state index in [0.29, 0.717) is 5.92 Å². The van der Waals surface area contributed by atoms with E-state index in [4.69, 9.17) is 15.2 Å². The molecule has 0 radical (unpaired) electrons. The number of hydrogen-bond donors (Lipinski definition) is 1. The molecule has 0 aliphatic carbocycles. The van der Waals surface area contributed by atoms with Crippen LogP contribution in [-0.4, -0.2) is 19.3 Å². The van der Waals surface area contributed by atoms with Gasteiger partial charge in [0.1, 0.15) is 11.9 Å². The molecule has 1 aromatic rings. The SMILES string of the molecule is CCC(N)C(OC(C)C(C)C)c1ccccc1OC. The summed E-state index contributed by atoms with van der Waals surface area (Å²) in [7, 11) is 1.68. The molecule has 108 valence electrons. The fourth-order valence-electron chi connectivity index (χ4n) is 1.91. The Morgan fingerprint density at radius 3 is 2.32 bits per heavy atom. The van der Waals surface area contributed by atoms with Gasteiger partial charge in [-0.1, -0.05) is 39.0 Å². The first-order chi connectivity index (χ1) is 9.01. The van der Waals surface area contributed by atoms with Gasteiger partial charge in [0.25, 0.3) is 0 Å². The third kappa shape index (κ3) is 4.22. The van der Waals surface area contributed by atoms with Gasteiger partial charge in [0.2, 0.25) is 0 Å². The van der Waals surface area contributed by atoms with Crippen LogP contribution in [0.15, 0.2) is 24.3 Å². The Kier molecular flexibility index (Phi) is 6.32. The second-order valence-electron chi connectivity index (χ2n) is 5.32. The largest absolute Gasteiger partial charge is 0.496 e. The van der Waals surface area contributed by atoms with Gasteiger partial charge in [-0.2, -0.15) is 0 Å². The zero-order valence-electron chi connectivity index (χ0n) is 12.7. The van der Waals surface area contributed by atoms with Gasteiger partial charge in [-0.3, -0.25) is 0 Å². The number of para-hydroxylation sites is 1. The topological polar surface area (TPSA) is 44.5 Å². The van der Waals surface area contributed by atoms with Crippen LogP contribution in [0.5, 0.6) is 5.75 Å². The molecular formula is C16H27NO2. The predicted molar refractivity (Wildman–Crippen MR) is 79.4 cm³/mol. The molecule has 0 heterocycles. The van der Waals surface area contributed by atoms with E-state index >= 15 is 0 Å². The maximum atomic E-state index is 6.24. The van der Waals surface area contributed by atoms with E-state index < -0.39 is 0 Å². The van der Waals surface area contributed by atoms with Gasteiger partial charge in [-0.05, 0) is 25.3 Å². The summed E-state index contributed by atoms with van der Waals surface area (Å²) in [4.78, 5) is 0. The van der Waals surface area contributed by atoms with Crippen molar-refractivity contribution < 1.29 is 9.47 Å². The van der Waals surface area contributed by atoms with Crippen molar-refractivity contribution >= 4 is 0 Å². The molecule has 0 aliphatic rings. The van der Waals surface area contributed by atoms with E-state index in [2.05, 4.69) is 27.7 Å². The van der Waals surface area contributed by atoms with E-state index in [1.165, 1.54) is 0 Å². The summed E-state index contributed by atoms with van der Waals surface area (Å²) in [6.45, 7) is 8.48. The number of nitrogens with two attached hydrogens (primary N) is 1. The van der Waals surface area contributed by atoms with Crippen LogP contribution in [0.2, 0.25) is 0 Å². The monoisotopic (exact) mass is 265 g/mol. The van der Waals surface area contributed by atoms with Gasteiger partial charge in [0, 0.05) is 11.6 Å². The molecule has 0 amide bonds. The lowest BCUT2D eigenvalue weighted by Crippen LogP contribution is -2.33. The van der Waals surface area contributed by atoms with Crippen molar-refractivity contribution in [3.8, 4) is 5.75 Å². The van der Waals surface area contributed by atoms with Gasteiger partial charge in [0.05, 0.1) is 13.2 Å². The van der Waals surface area contributed by atoms with Crippen LogP contribution in [0.3, 0.4) is 0 Å². The Hall–Kier alpha value is -1.06. The van der Waals surface area contributed by atoms with Crippen LogP contribution in [0.4, 0.5) is 0 Å². The number of rotatable bonds is 7. The van der Waals surface area contributed by atoms with Crippen LogP contribution in [-0.2, 0) is 4.74 Å². The lowest BCUT2D eigenvalue weighted by molar-refractivity contribution is -0.0404. The highest BCUT2D eigenvalue weighted by Crippen LogP contribution is 2.32. The average molecular weight is 265 g/mol. The molecule has 0 saturated heterocycles. The van der Waals surface area contributed by atoms with Crippen molar-refractivity contribution in [2.75, 3.05) is 7.11 Å². The second kappa shape index (κ2) is 7.51. The van der Waals surface area contributed by atoms with E-state index in [1.54, 1.807) is 7.11 Å². The highest BCUT2D eigenvalue weighted by atomic mass is 16.5. The zero-order valence-corrected chi connectivity index (χ0v) is 12.7. The lowest BCUT2D eigenvalue weighted by Gasteiger charge is -2.30. The zero-order chi connectivity index (χ0) is 14.4. The van der Waals surface area contributed by atoms with Crippen molar-refractivity contribution in [2.24, 2.45) is 11.7 Å². The predicted octanol–water partition coefficient (Wildman–Crippen LogP) is 3.53. The van der Waals surface area contributed by atoms with Crippen LogP contribution < -0.4 is 10.5 Å². The van der Waals surface area contributed by atoms with Gasteiger partial charge in [-0.15, -0.1) is 0 Å². The number of methoxy groups -OCH3 is 1. The summed E-state index contributed by atoms with van der Waals surface area (Å²) in [5, 5.41) is 0. The quantitative estimate of drug-likeness (QED) is 0.820. The molecule has 2 N–H and O–H groups in total. The van der Waals surface area contributed by atoms with Crippen molar-refractivity contribution in [1.29, 1.82) is 0 Å². The van der Waals surface area contributed by atoms with Crippen molar-refractivity contribution in [2.45, 2.75) is 52.4 Å². The Morgan fingerprint density at radius 2 is 1.79 bits per heavy atom. The number of ether oxygens (including phenoxy) is 2. The molecule has 0 saturated carbocycles. The molecular weight excluding hydrogens is 238 g/mol. The van der Waals surface area contributed by atoms with E-state index in [-0.39, 0.29) is 18.2 Å². The summed E-state index contributed by atoms with van der Waals surface area (Å²) in [5.41, 5.74) is 7.27. The minimum atomic E-state index is -0.126. The smallest absolute Gasteiger partial charge is 0.124 e. The molecule has 0 bridgehead atoms. The Bertz CT molecular complexity index is 379. The van der Waals surface area contributed by atoms with Gasteiger partial charge in [-0.25, -0.2) is 0 Å². The van der Waals surface area contributed by atoms with Crippen molar-refractivity contribution in [1.82, 2.24) is 0 Å². The Balaban J connectivity index is 3.02. The molecule has 1 rings (SSSR count). The van der Waals surface area contributed by atoms with Crippen LogP contribution in [0.1, 0.15) is 45.8 Å². The maximum absolute atomic E-state index is 6.24. The summed E-state index contributed by atoms with van der Waals surface area (Å²) < 4.78 is 11.6. The molecule has 3 heteroatoms. The highest BCUT2D eigenvalue weighted by molar-refractivity contribution is 5.36. The second-order valence-corrected chi connectivity index (χ2v) is 5.32. The standard InChI is InChI=1S/C16H27NO2/c1-6-14(17)16(19-12(4)11(2)3)13-9-7-8-10-15(13)18-5/h7-12,14,16H,6,17H2,1-5H3. The molecule has 3 atom stereocenters. The summed E-state index contributed by atoms with van der Waals surface area (Å²) >= 11 is 0. The van der Waals surface area contributed by atoms with Gasteiger partial charge < -0.3 is 15.2 Å². The average Bonchev–Trinajstić information content (AvgIpc) is 2.43. The first kappa shape index (κ1) is 16.0. The molecule has 1 aromatic carbocycles. The summed E-state index contributed by atoms with van der Waals surface area (Å²) in [6, 6.07) is 7.91. The Morgan fingerprint density at radius 1 is 1.16 bits per heavy atom. The molecule has 0 aliphatic heterocycles. The van der Waals surface area contributed by atoms with Crippen LogP contribution in [0.25, 0.3) is 0 Å². The molecule has 0 fully saturated rings. The van der Waals surface area contributed by atoms with Crippen LogP contribution in [0, 0.1) is 5.92 Å². The minimum Gasteiger partial charge on any atom is -0.496 e. The summed E-state index contributed by atoms with van der Waals surface area (Å²) in [5.74, 6) is 1.30. The number of benzene rings is 1. The Labute approximate surface area is 117 Å². The van der Waals surface area contributed by atoms with E-state index in [0.717, 1.165) is 17.7 Å². The van der Waals surface area contributed by atoms with Crippen LogP contribution >= 0.6 is 0 Å². The first-order valence-electron chi connectivity index (χ1n) is 7.05. The molecule has 3 nitrogen and oxygen atoms in total. The highest BCUT2D eigenvalue weighted by Gasteiger charge is 2.25. The third-order valence-electron chi connectivity index (χ3n) is 3.61. The third-order valence-corrected chi connectivity index (χ3v) is 3.61. The van der Waals surface area contributed by atoms with E-state index in [9.17, 15) is 0 Å². The molecule has 0 aromatic heterocycles. The van der Waals surface area contributed by atoms with Gasteiger partial charge in [0.15, 0.2) is 0 Å². The van der Waals surface area contributed by atoms with Gasteiger partial charge >= 0.3 is 0 Å². The fourth-order valence-corrected chi connectivity index (χ4v) is 1.91. The summed E-state index contributed by atoms with van der Waals surface area (Å²) in [6.07, 6.45) is 0.902. The normalized spacial score (nSPS) is 16.2. The molecule has 19 heavy (non-hydrogen) atoms.